The van der Waals surface area contributed by atoms with Crippen molar-refractivity contribution in [2.75, 3.05) is 11.3 Å². The molecule has 0 bridgehead atoms. The van der Waals surface area contributed by atoms with Gasteiger partial charge in [-0.1, -0.05) is 30.4 Å². The number of nitrogens with zero attached hydrogens (tertiary/aromatic N) is 6. The van der Waals surface area contributed by atoms with Crippen molar-refractivity contribution in [3.63, 3.8) is 0 Å². The zero-order valence-corrected chi connectivity index (χ0v) is 28.2. The van der Waals surface area contributed by atoms with Crippen molar-refractivity contribution in [2.45, 2.75) is 30.2 Å². The third-order valence-corrected chi connectivity index (χ3v) is 9.31. The summed E-state index contributed by atoms with van der Waals surface area (Å²) in [7, 11) is 0. The maximum absolute atomic E-state index is 13.3. The van der Waals surface area contributed by atoms with Gasteiger partial charge in [-0.05, 0) is 127 Å². The van der Waals surface area contributed by atoms with E-state index in [9.17, 15) is 8.78 Å². The molecule has 6 aromatic rings. The van der Waals surface area contributed by atoms with Gasteiger partial charge in [0.1, 0.15) is 11.6 Å². The number of hydrogen-bond donors (Lipinski definition) is 0. The average Bonchev–Trinajstić information content (AvgIpc) is 3.83. The van der Waals surface area contributed by atoms with Crippen LogP contribution in [0.25, 0.3) is 22.5 Å². The Morgan fingerprint density at radius 2 is 1.34 bits per heavy atom. The van der Waals surface area contributed by atoms with Crippen molar-refractivity contribution in [3.05, 3.63) is 175 Å². The highest BCUT2D eigenvalue weighted by Crippen LogP contribution is 2.37. The minimum atomic E-state index is -0.255. The fourth-order valence-electron chi connectivity index (χ4n) is 5.98. The van der Waals surface area contributed by atoms with Crippen molar-refractivity contribution >= 4 is 28.7 Å². The van der Waals surface area contributed by atoms with E-state index in [-0.39, 0.29) is 17.7 Å². The predicted molar refractivity (Wildman–Crippen MR) is 198 cm³/mol. The monoisotopic (exact) mass is 680 g/mol. The van der Waals surface area contributed by atoms with Gasteiger partial charge in [-0.15, -0.1) is 11.8 Å². The Kier molecular flexibility index (Phi) is 10.0. The summed E-state index contributed by atoms with van der Waals surface area (Å²) in [6.07, 6.45) is 18.5. The molecular formula is C41H34F2N6S. The highest BCUT2D eigenvalue weighted by atomic mass is 32.2. The molecule has 9 heteroatoms. The number of rotatable bonds is 7. The van der Waals surface area contributed by atoms with Gasteiger partial charge >= 0.3 is 0 Å². The molecule has 6 nitrogen and oxygen atoms in total. The third-order valence-electron chi connectivity index (χ3n) is 8.56. The Morgan fingerprint density at radius 3 is 1.96 bits per heavy atom. The summed E-state index contributed by atoms with van der Waals surface area (Å²) in [6, 6.07) is 31.4. The van der Waals surface area contributed by atoms with Crippen LogP contribution in [0, 0.1) is 11.6 Å². The van der Waals surface area contributed by atoms with E-state index in [4.69, 9.17) is 10.2 Å². The fourth-order valence-corrected chi connectivity index (χ4v) is 6.39. The van der Waals surface area contributed by atoms with Gasteiger partial charge in [0.05, 0.1) is 34.5 Å². The second kappa shape index (κ2) is 15.3. The number of benzene rings is 3. The number of thioether (sulfide) groups is 1. The molecule has 8 rings (SSSR count). The van der Waals surface area contributed by atoms with Gasteiger partial charge in [0.25, 0.3) is 0 Å². The van der Waals surface area contributed by atoms with E-state index >= 15 is 0 Å². The predicted octanol–water partition coefficient (Wildman–Crippen LogP) is 10.1. The van der Waals surface area contributed by atoms with Crippen LogP contribution in [0.5, 0.6) is 0 Å². The van der Waals surface area contributed by atoms with Crippen molar-refractivity contribution in [1.82, 2.24) is 19.7 Å². The minimum Gasteiger partial charge on any atom is -0.265 e. The van der Waals surface area contributed by atoms with E-state index in [1.165, 1.54) is 29.2 Å². The molecule has 248 valence electrons. The molecule has 4 heterocycles. The smallest absolute Gasteiger partial charge is 0.123 e. The molecular weight excluding hydrogens is 647 g/mol. The van der Waals surface area contributed by atoms with Crippen LogP contribution >= 0.6 is 11.8 Å². The first-order valence-electron chi connectivity index (χ1n) is 16.4. The molecule has 0 saturated carbocycles. The van der Waals surface area contributed by atoms with E-state index in [0.29, 0.717) is 0 Å². The average molecular weight is 681 g/mol. The maximum atomic E-state index is 13.3. The molecule has 1 aliphatic carbocycles. The molecule has 0 radical (unpaired) electrons. The summed E-state index contributed by atoms with van der Waals surface area (Å²) < 4.78 is 28.5. The number of hydrazone groups is 1. The van der Waals surface area contributed by atoms with E-state index < -0.39 is 0 Å². The fraction of sp³-hybridized carbons (Fsp3) is 0.122. The second-order valence-corrected chi connectivity index (χ2v) is 12.7. The van der Waals surface area contributed by atoms with Crippen LogP contribution in [0.15, 0.2) is 156 Å². The lowest BCUT2D eigenvalue weighted by molar-refractivity contribution is 0.626. The Hall–Kier alpha value is -5.67. The minimum absolute atomic E-state index is 0.0682. The van der Waals surface area contributed by atoms with Gasteiger partial charge in [-0.3, -0.25) is 15.0 Å². The van der Waals surface area contributed by atoms with Gasteiger partial charge in [0.15, 0.2) is 0 Å². The molecule has 1 atom stereocenters. The molecule has 50 heavy (non-hydrogen) atoms. The standard InChI is InChI=1S/C21H18FN3S.C20H16FN3/c1-26-19-8-2-15(3-9-19)20-14-21(16-10-12-23-13-11-16)25(24-20)18-6-4-17(22)5-7-18;21-17-6-8-18(9-7-17)24-20(16-10-12-22-13-11-16)14-19(23-24)15-4-2-1-3-5-15/h2-13,21H,14H2,1H3;2,4-14H,1,3H2. The molecule has 3 aromatic carbocycles. The molecule has 0 fully saturated rings. The van der Waals surface area contributed by atoms with Crippen LogP contribution in [0.2, 0.25) is 0 Å². The van der Waals surface area contributed by atoms with E-state index in [2.05, 4.69) is 64.8 Å². The summed E-state index contributed by atoms with van der Waals surface area (Å²) in [5.41, 5.74) is 9.02. The lowest BCUT2D eigenvalue weighted by Crippen LogP contribution is -2.18. The van der Waals surface area contributed by atoms with Gasteiger partial charge in [0.2, 0.25) is 0 Å². The van der Waals surface area contributed by atoms with Gasteiger partial charge < -0.3 is 0 Å². The van der Waals surface area contributed by atoms with Crippen LogP contribution < -0.4 is 5.01 Å². The summed E-state index contributed by atoms with van der Waals surface area (Å²) in [4.78, 5) is 9.42. The molecule has 3 aromatic heterocycles. The Bertz CT molecular complexity index is 2130. The Morgan fingerprint density at radius 1 is 0.700 bits per heavy atom. The largest absolute Gasteiger partial charge is 0.265 e. The molecule has 0 spiro atoms. The van der Waals surface area contributed by atoms with Crippen molar-refractivity contribution < 1.29 is 8.78 Å². The van der Waals surface area contributed by atoms with Crippen molar-refractivity contribution in [1.29, 1.82) is 0 Å². The summed E-state index contributed by atoms with van der Waals surface area (Å²) in [5, 5.41) is 11.6. The lowest BCUT2D eigenvalue weighted by atomic mass is 9.99. The lowest BCUT2D eigenvalue weighted by Gasteiger charge is -2.23. The van der Waals surface area contributed by atoms with Gasteiger partial charge in [0, 0.05) is 41.7 Å². The van der Waals surface area contributed by atoms with Crippen LogP contribution in [-0.4, -0.2) is 31.7 Å². The van der Waals surface area contributed by atoms with E-state index in [1.54, 1.807) is 60.8 Å². The zero-order chi connectivity index (χ0) is 34.3. The SMILES string of the molecule is CSc1ccc(C2=NN(c3ccc(F)cc3)C(c3ccncc3)C2)cc1.Fc1ccc(-n2nc(C3=CCCC=C3)cc2-c2ccncc2)cc1. The normalized spacial score (nSPS) is 15.3. The Balaban J connectivity index is 0.000000157. The first-order chi connectivity index (χ1) is 24.6. The topological polar surface area (TPSA) is 59.2 Å². The van der Waals surface area contributed by atoms with Crippen LogP contribution in [0.1, 0.15) is 42.1 Å². The highest BCUT2D eigenvalue weighted by molar-refractivity contribution is 7.98. The van der Waals surface area contributed by atoms with Gasteiger partial charge in [-0.2, -0.15) is 10.2 Å². The highest BCUT2D eigenvalue weighted by Gasteiger charge is 2.30. The number of allylic oxidation sites excluding steroid dienone is 4. The maximum Gasteiger partial charge on any atom is 0.123 e. The Labute approximate surface area is 294 Å². The first-order valence-corrected chi connectivity index (χ1v) is 17.6. The van der Waals surface area contributed by atoms with Crippen LogP contribution in [-0.2, 0) is 0 Å². The molecule has 0 amide bonds. The number of aromatic nitrogens is 4. The van der Waals surface area contributed by atoms with E-state index in [1.807, 2.05) is 34.0 Å². The van der Waals surface area contributed by atoms with Gasteiger partial charge in [-0.25, -0.2) is 13.5 Å². The van der Waals surface area contributed by atoms with Crippen molar-refractivity contribution in [2.24, 2.45) is 5.10 Å². The molecule has 0 saturated heterocycles. The van der Waals surface area contributed by atoms with Crippen LogP contribution in [0.3, 0.4) is 0 Å². The second-order valence-electron chi connectivity index (χ2n) is 11.8. The number of pyridine rings is 2. The zero-order valence-electron chi connectivity index (χ0n) is 27.4. The summed E-state index contributed by atoms with van der Waals surface area (Å²) in [5.74, 6) is -0.500. The number of anilines is 1. The third kappa shape index (κ3) is 7.48. The number of halogens is 2. The summed E-state index contributed by atoms with van der Waals surface area (Å²) >= 11 is 1.72. The van der Waals surface area contributed by atoms with E-state index in [0.717, 1.165) is 70.0 Å². The quantitative estimate of drug-likeness (QED) is 0.157. The first kappa shape index (κ1) is 32.9. The summed E-state index contributed by atoms with van der Waals surface area (Å²) in [6.45, 7) is 0. The number of hydrogen-bond acceptors (Lipinski definition) is 6. The van der Waals surface area contributed by atoms with Crippen molar-refractivity contribution in [3.8, 4) is 16.9 Å². The molecule has 1 aliphatic heterocycles. The molecule has 1 unspecified atom stereocenters. The van der Waals surface area contributed by atoms with Crippen LogP contribution in [0.4, 0.5) is 14.5 Å². The molecule has 2 aliphatic rings. The molecule has 0 N–H and O–H groups in total.